The van der Waals surface area contributed by atoms with Crippen molar-refractivity contribution in [1.29, 1.82) is 0 Å². The Bertz CT molecular complexity index is 477. The molecular weight excluding hydrogens is 291 g/mol. The molecule has 0 bridgehead atoms. The van der Waals surface area contributed by atoms with E-state index >= 15 is 0 Å². The number of carbonyl (C=O) groups is 1. The van der Waals surface area contributed by atoms with Crippen molar-refractivity contribution in [1.82, 2.24) is 0 Å². The van der Waals surface area contributed by atoms with Gasteiger partial charge in [0.05, 0.1) is 11.1 Å². The van der Waals surface area contributed by atoms with Crippen molar-refractivity contribution in [2.24, 2.45) is 0 Å². The van der Waals surface area contributed by atoms with Gasteiger partial charge in [0.25, 0.3) is 0 Å². The van der Waals surface area contributed by atoms with Gasteiger partial charge in [-0.2, -0.15) is 24.9 Å². The summed E-state index contributed by atoms with van der Waals surface area (Å²) in [5.74, 6) is 0.106. The molecule has 0 radical (unpaired) electrons. The number of hydrogen-bond acceptors (Lipinski definition) is 3. The fraction of sp³-hybridized carbons (Fsp3) is 0.462. The maximum Gasteiger partial charge on any atom is 0.417 e. The molecular formula is C13H16F3NO2S. The summed E-state index contributed by atoms with van der Waals surface area (Å²) in [6, 6.07) is 3.17. The van der Waals surface area contributed by atoms with E-state index in [1.807, 2.05) is 13.8 Å². The molecule has 7 heteroatoms. The van der Waals surface area contributed by atoms with E-state index in [-0.39, 0.29) is 11.7 Å². The van der Waals surface area contributed by atoms with Crippen LogP contribution in [0.25, 0.3) is 0 Å². The van der Waals surface area contributed by atoms with Gasteiger partial charge in [-0.15, -0.1) is 0 Å². The normalized spacial score (nSPS) is 13.1. The molecule has 3 nitrogen and oxygen atoms in total. The maximum atomic E-state index is 12.8. The monoisotopic (exact) mass is 307 g/mol. The molecule has 0 aliphatic rings. The third-order valence-corrected chi connectivity index (χ3v) is 3.68. The molecule has 0 amide bonds. The minimum atomic E-state index is -4.69. The Kier molecular flexibility index (Phi) is 5.74. The number of hydrogen-bond donors (Lipinski definition) is 2. The highest BCUT2D eigenvalue weighted by Gasteiger charge is 2.35. The molecule has 0 saturated carbocycles. The van der Waals surface area contributed by atoms with E-state index in [1.54, 1.807) is 11.8 Å². The molecule has 0 saturated heterocycles. The van der Waals surface area contributed by atoms with E-state index in [9.17, 15) is 18.0 Å². The van der Waals surface area contributed by atoms with Crippen LogP contribution in [0.4, 0.5) is 18.9 Å². The van der Waals surface area contributed by atoms with Gasteiger partial charge in [0.2, 0.25) is 0 Å². The van der Waals surface area contributed by atoms with Crippen LogP contribution in [0, 0.1) is 0 Å². The average Bonchev–Trinajstić information content (AvgIpc) is 2.35. The third-order valence-electron chi connectivity index (χ3n) is 2.54. The summed E-state index contributed by atoms with van der Waals surface area (Å²) in [5, 5.41) is 11.7. The summed E-state index contributed by atoms with van der Waals surface area (Å²) in [5.41, 5.74) is -1.60. The van der Waals surface area contributed by atoms with Crippen molar-refractivity contribution in [2.75, 3.05) is 16.8 Å². The summed E-state index contributed by atoms with van der Waals surface area (Å²) in [4.78, 5) is 10.8. The first-order valence-electron chi connectivity index (χ1n) is 6.04. The largest absolute Gasteiger partial charge is 0.478 e. The summed E-state index contributed by atoms with van der Waals surface area (Å²) in [6.45, 7) is 3.86. The van der Waals surface area contributed by atoms with E-state index < -0.39 is 23.3 Å². The Balaban J connectivity index is 2.98. The first-order valence-corrected chi connectivity index (χ1v) is 7.20. The summed E-state index contributed by atoms with van der Waals surface area (Å²) >= 11 is 1.67. The van der Waals surface area contributed by atoms with Crippen molar-refractivity contribution in [3.63, 3.8) is 0 Å². The SMILES string of the molecule is CCSCC(C)Nc1ccc(C(=O)O)c(C(F)(F)F)c1. The predicted molar refractivity (Wildman–Crippen MR) is 74.5 cm³/mol. The lowest BCUT2D eigenvalue weighted by atomic mass is 10.1. The molecule has 0 aliphatic carbocycles. The molecule has 1 aromatic carbocycles. The van der Waals surface area contributed by atoms with Crippen LogP contribution in [-0.2, 0) is 6.18 Å². The Labute approximate surface area is 119 Å². The highest BCUT2D eigenvalue weighted by atomic mass is 32.2. The fourth-order valence-corrected chi connectivity index (χ4v) is 2.35. The number of nitrogens with one attached hydrogen (secondary N) is 1. The fourth-order valence-electron chi connectivity index (χ4n) is 1.68. The molecule has 1 aromatic rings. The van der Waals surface area contributed by atoms with Crippen molar-refractivity contribution < 1.29 is 23.1 Å². The molecule has 0 spiro atoms. The van der Waals surface area contributed by atoms with Crippen LogP contribution >= 0.6 is 11.8 Å². The van der Waals surface area contributed by atoms with Gasteiger partial charge in [-0.3, -0.25) is 0 Å². The number of aromatic carboxylic acids is 1. The Morgan fingerprint density at radius 1 is 1.45 bits per heavy atom. The molecule has 1 atom stereocenters. The number of carboxylic acid groups (broad SMARTS) is 1. The minimum Gasteiger partial charge on any atom is -0.478 e. The lowest BCUT2D eigenvalue weighted by Gasteiger charge is -2.17. The summed E-state index contributed by atoms with van der Waals surface area (Å²) in [7, 11) is 0. The van der Waals surface area contributed by atoms with Crippen LogP contribution < -0.4 is 5.32 Å². The van der Waals surface area contributed by atoms with E-state index in [0.29, 0.717) is 0 Å². The van der Waals surface area contributed by atoms with Gasteiger partial charge in [0, 0.05) is 17.5 Å². The quantitative estimate of drug-likeness (QED) is 0.835. The Morgan fingerprint density at radius 3 is 2.60 bits per heavy atom. The molecule has 0 fully saturated rings. The number of benzene rings is 1. The van der Waals surface area contributed by atoms with Crippen molar-refractivity contribution in [3.8, 4) is 0 Å². The average molecular weight is 307 g/mol. The number of thioether (sulfide) groups is 1. The van der Waals surface area contributed by atoms with Crippen LogP contribution in [0.2, 0.25) is 0 Å². The van der Waals surface area contributed by atoms with Crippen molar-refractivity contribution >= 4 is 23.4 Å². The van der Waals surface area contributed by atoms with Gasteiger partial charge < -0.3 is 10.4 Å². The van der Waals surface area contributed by atoms with Crippen LogP contribution in [-0.4, -0.2) is 28.6 Å². The number of carboxylic acids is 1. The van der Waals surface area contributed by atoms with Gasteiger partial charge in [-0.1, -0.05) is 6.92 Å². The number of alkyl halides is 3. The maximum absolute atomic E-state index is 12.8. The zero-order chi connectivity index (χ0) is 15.3. The van der Waals surface area contributed by atoms with Crippen LogP contribution in [0.5, 0.6) is 0 Å². The lowest BCUT2D eigenvalue weighted by molar-refractivity contribution is -0.138. The van der Waals surface area contributed by atoms with Gasteiger partial charge in [0.15, 0.2) is 0 Å². The highest BCUT2D eigenvalue weighted by Crippen LogP contribution is 2.34. The number of rotatable bonds is 6. The first kappa shape index (κ1) is 16.7. The van der Waals surface area contributed by atoms with Gasteiger partial charge in [-0.05, 0) is 30.9 Å². The minimum absolute atomic E-state index is 0.00304. The second-order valence-corrected chi connectivity index (χ2v) is 5.59. The van der Waals surface area contributed by atoms with Gasteiger partial charge in [-0.25, -0.2) is 4.79 Å². The van der Waals surface area contributed by atoms with Crippen LogP contribution in [0.3, 0.4) is 0 Å². The molecule has 0 heterocycles. The van der Waals surface area contributed by atoms with E-state index in [2.05, 4.69) is 5.32 Å². The summed E-state index contributed by atoms with van der Waals surface area (Å²) < 4.78 is 38.5. The lowest BCUT2D eigenvalue weighted by Crippen LogP contribution is -2.19. The molecule has 0 aromatic heterocycles. The highest BCUT2D eigenvalue weighted by molar-refractivity contribution is 7.99. The zero-order valence-electron chi connectivity index (χ0n) is 11.1. The zero-order valence-corrected chi connectivity index (χ0v) is 11.9. The molecule has 0 aliphatic heterocycles. The smallest absolute Gasteiger partial charge is 0.417 e. The van der Waals surface area contributed by atoms with Crippen LogP contribution in [0.1, 0.15) is 29.8 Å². The van der Waals surface area contributed by atoms with Gasteiger partial charge >= 0.3 is 12.1 Å². The molecule has 20 heavy (non-hydrogen) atoms. The second-order valence-electron chi connectivity index (χ2n) is 4.27. The van der Waals surface area contributed by atoms with Gasteiger partial charge in [0.1, 0.15) is 0 Å². The predicted octanol–water partition coefficient (Wildman–Crippen LogP) is 3.96. The molecule has 2 N–H and O–H groups in total. The number of anilines is 1. The topological polar surface area (TPSA) is 49.3 Å². The standard InChI is InChI=1S/C13H16F3NO2S/c1-3-20-7-8(2)17-9-4-5-10(12(18)19)11(6-9)13(14,15)16/h4-6,8,17H,3,7H2,1-2H3,(H,18,19). The third kappa shape index (κ3) is 4.63. The second kappa shape index (κ2) is 6.88. The molecule has 1 unspecified atom stereocenters. The molecule has 112 valence electrons. The molecule has 1 rings (SSSR count). The van der Waals surface area contributed by atoms with E-state index in [1.165, 1.54) is 6.07 Å². The first-order chi connectivity index (χ1) is 9.25. The van der Waals surface area contributed by atoms with Crippen molar-refractivity contribution in [2.45, 2.75) is 26.1 Å². The number of halogens is 3. The van der Waals surface area contributed by atoms with E-state index in [0.717, 1.165) is 23.6 Å². The Hall–Kier alpha value is -1.37. The van der Waals surface area contributed by atoms with Crippen molar-refractivity contribution in [3.05, 3.63) is 29.3 Å². The van der Waals surface area contributed by atoms with Crippen LogP contribution in [0.15, 0.2) is 18.2 Å². The Morgan fingerprint density at radius 2 is 2.10 bits per heavy atom. The van der Waals surface area contributed by atoms with E-state index in [4.69, 9.17) is 5.11 Å². The summed E-state index contributed by atoms with van der Waals surface area (Å²) in [6.07, 6.45) is -4.69.